The van der Waals surface area contributed by atoms with E-state index in [1.165, 1.54) is 25.7 Å². The van der Waals surface area contributed by atoms with E-state index in [0.29, 0.717) is 0 Å². The van der Waals surface area contributed by atoms with Gasteiger partial charge in [0, 0.05) is 20.3 Å². The van der Waals surface area contributed by atoms with Crippen LogP contribution in [0, 0.1) is 5.92 Å². The van der Waals surface area contributed by atoms with Crippen LogP contribution in [0.1, 0.15) is 25.7 Å². The molecule has 0 radical (unpaired) electrons. The molecule has 0 bridgehead atoms. The molecule has 0 N–H and O–H groups in total. The molecule has 1 fully saturated rings. The topological polar surface area (TPSA) is 15.6 Å². The van der Waals surface area contributed by atoms with Crippen LogP contribution in [0.15, 0.2) is 5.10 Å². The predicted molar refractivity (Wildman–Crippen MR) is 44.1 cm³/mol. The minimum atomic E-state index is 0.766. The van der Waals surface area contributed by atoms with E-state index >= 15 is 0 Å². The lowest BCUT2D eigenvalue weighted by Crippen LogP contribution is -2.04. The molecule has 0 aromatic carbocycles. The first-order chi connectivity index (χ1) is 4.79. The number of rotatable bonds is 2. The molecule has 0 spiro atoms. The van der Waals surface area contributed by atoms with Crippen molar-refractivity contribution in [3.63, 3.8) is 0 Å². The lowest BCUT2D eigenvalue weighted by Gasteiger charge is -2.04. The number of hydrazone groups is 1. The van der Waals surface area contributed by atoms with E-state index in [-0.39, 0.29) is 0 Å². The zero-order chi connectivity index (χ0) is 7.40. The van der Waals surface area contributed by atoms with Gasteiger partial charge in [-0.15, -0.1) is 0 Å². The first-order valence-corrected chi connectivity index (χ1v) is 4.00. The van der Waals surface area contributed by atoms with E-state index in [2.05, 4.69) is 11.3 Å². The summed E-state index contributed by atoms with van der Waals surface area (Å²) in [6.45, 7) is 0. The third kappa shape index (κ3) is 2.38. The highest BCUT2D eigenvalue weighted by Crippen LogP contribution is 2.22. The Hall–Kier alpha value is -0.530. The van der Waals surface area contributed by atoms with Gasteiger partial charge < -0.3 is 5.01 Å². The Labute approximate surface area is 62.9 Å². The Bertz CT molecular complexity index is 112. The summed E-state index contributed by atoms with van der Waals surface area (Å²) in [4.78, 5) is 0. The fourth-order valence-electron chi connectivity index (χ4n) is 1.33. The highest BCUT2D eigenvalue weighted by molar-refractivity contribution is 5.60. The van der Waals surface area contributed by atoms with Crippen LogP contribution in [0.2, 0.25) is 0 Å². The van der Waals surface area contributed by atoms with Gasteiger partial charge in [0.25, 0.3) is 0 Å². The van der Waals surface area contributed by atoms with Crippen molar-refractivity contribution >= 4 is 6.21 Å². The van der Waals surface area contributed by atoms with Crippen molar-refractivity contribution in [2.45, 2.75) is 25.7 Å². The van der Waals surface area contributed by atoms with Crippen molar-refractivity contribution in [1.82, 2.24) is 5.01 Å². The Morgan fingerprint density at radius 1 is 1.30 bits per heavy atom. The van der Waals surface area contributed by atoms with Crippen LogP contribution >= 0.6 is 0 Å². The van der Waals surface area contributed by atoms with Crippen molar-refractivity contribution < 1.29 is 0 Å². The normalized spacial score (nSPS) is 20.6. The standard InChI is InChI=1S/C8H16N2/c1-10(2)9-7-8-5-3-4-6-8/h7-8H,3-6H2,1-2H3/b9-7+. The van der Waals surface area contributed by atoms with Crippen LogP contribution in [0.5, 0.6) is 0 Å². The summed E-state index contributed by atoms with van der Waals surface area (Å²) in [5.41, 5.74) is 0. The van der Waals surface area contributed by atoms with Gasteiger partial charge in [0.2, 0.25) is 0 Å². The molecule has 0 aromatic rings. The Morgan fingerprint density at radius 3 is 2.40 bits per heavy atom. The third-order valence-electron chi connectivity index (χ3n) is 1.91. The third-order valence-corrected chi connectivity index (χ3v) is 1.91. The second-order valence-corrected chi connectivity index (χ2v) is 3.16. The van der Waals surface area contributed by atoms with Gasteiger partial charge in [-0.05, 0) is 18.8 Å². The van der Waals surface area contributed by atoms with Crippen molar-refractivity contribution in [2.24, 2.45) is 11.0 Å². The zero-order valence-corrected chi connectivity index (χ0v) is 6.88. The van der Waals surface area contributed by atoms with E-state index in [1.54, 1.807) is 0 Å². The molecule has 0 aromatic heterocycles. The molecule has 0 amide bonds. The summed E-state index contributed by atoms with van der Waals surface area (Å²) in [5.74, 6) is 0.766. The van der Waals surface area contributed by atoms with Gasteiger partial charge in [0.15, 0.2) is 0 Å². The van der Waals surface area contributed by atoms with Gasteiger partial charge in [0.1, 0.15) is 0 Å². The largest absolute Gasteiger partial charge is 0.303 e. The van der Waals surface area contributed by atoms with Gasteiger partial charge in [-0.2, -0.15) is 5.10 Å². The van der Waals surface area contributed by atoms with Gasteiger partial charge in [-0.3, -0.25) is 0 Å². The van der Waals surface area contributed by atoms with Crippen LogP contribution in [-0.2, 0) is 0 Å². The molecule has 0 atom stereocenters. The fourth-order valence-corrected chi connectivity index (χ4v) is 1.33. The van der Waals surface area contributed by atoms with Crippen molar-refractivity contribution in [2.75, 3.05) is 14.1 Å². The molecule has 1 rings (SSSR count). The van der Waals surface area contributed by atoms with E-state index in [0.717, 1.165) is 5.92 Å². The minimum Gasteiger partial charge on any atom is -0.303 e. The van der Waals surface area contributed by atoms with Crippen LogP contribution in [0.25, 0.3) is 0 Å². The first-order valence-electron chi connectivity index (χ1n) is 4.00. The smallest absolute Gasteiger partial charge is 0.0275 e. The minimum absolute atomic E-state index is 0.766. The lowest BCUT2D eigenvalue weighted by atomic mass is 10.1. The summed E-state index contributed by atoms with van der Waals surface area (Å²) in [5, 5.41) is 6.07. The van der Waals surface area contributed by atoms with Crippen LogP contribution in [0.4, 0.5) is 0 Å². The quantitative estimate of drug-likeness (QED) is 0.421. The molecule has 10 heavy (non-hydrogen) atoms. The average Bonchev–Trinajstić information content (AvgIpc) is 2.34. The van der Waals surface area contributed by atoms with Crippen LogP contribution < -0.4 is 0 Å². The molecular weight excluding hydrogens is 124 g/mol. The lowest BCUT2D eigenvalue weighted by molar-refractivity contribution is 0.435. The maximum absolute atomic E-state index is 4.21. The maximum atomic E-state index is 4.21. The molecule has 1 saturated carbocycles. The van der Waals surface area contributed by atoms with Gasteiger partial charge in [-0.1, -0.05) is 12.8 Å². The number of nitrogens with zero attached hydrogens (tertiary/aromatic N) is 2. The van der Waals surface area contributed by atoms with Gasteiger partial charge in [-0.25, -0.2) is 0 Å². The molecule has 58 valence electrons. The SMILES string of the molecule is CN(C)/N=C/C1CCCC1. The molecule has 0 saturated heterocycles. The number of hydrogen-bond acceptors (Lipinski definition) is 2. The van der Waals surface area contributed by atoms with Gasteiger partial charge in [0.05, 0.1) is 0 Å². The second kappa shape index (κ2) is 3.59. The Balaban J connectivity index is 2.23. The second-order valence-electron chi connectivity index (χ2n) is 3.16. The van der Waals surface area contributed by atoms with Gasteiger partial charge >= 0.3 is 0 Å². The number of hydrogen-bond donors (Lipinski definition) is 0. The maximum Gasteiger partial charge on any atom is 0.0275 e. The van der Waals surface area contributed by atoms with Crippen molar-refractivity contribution in [1.29, 1.82) is 0 Å². The monoisotopic (exact) mass is 140 g/mol. The first kappa shape index (κ1) is 7.58. The highest BCUT2D eigenvalue weighted by atomic mass is 15.4. The molecule has 1 aliphatic carbocycles. The van der Waals surface area contributed by atoms with Crippen molar-refractivity contribution in [3.05, 3.63) is 0 Å². The summed E-state index contributed by atoms with van der Waals surface area (Å²) in [7, 11) is 3.93. The van der Waals surface area contributed by atoms with E-state index in [9.17, 15) is 0 Å². The van der Waals surface area contributed by atoms with E-state index in [1.807, 2.05) is 19.1 Å². The highest BCUT2D eigenvalue weighted by Gasteiger charge is 2.11. The summed E-state index contributed by atoms with van der Waals surface area (Å²) in [6.07, 6.45) is 7.57. The molecular formula is C8H16N2. The summed E-state index contributed by atoms with van der Waals surface area (Å²) in [6, 6.07) is 0. The zero-order valence-electron chi connectivity index (χ0n) is 6.88. The van der Waals surface area contributed by atoms with E-state index < -0.39 is 0 Å². The molecule has 1 aliphatic rings. The fraction of sp³-hybridized carbons (Fsp3) is 0.875. The Kier molecular flexibility index (Phi) is 2.72. The molecule has 2 nitrogen and oxygen atoms in total. The molecule has 0 heterocycles. The molecule has 0 unspecified atom stereocenters. The average molecular weight is 140 g/mol. The summed E-state index contributed by atoms with van der Waals surface area (Å²) >= 11 is 0. The molecule has 0 aliphatic heterocycles. The van der Waals surface area contributed by atoms with Crippen LogP contribution in [-0.4, -0.2) is 25.3 Å². The molecule has 2 heteroatoms. The predicted octanol–water partition coefficient (Wildman–Crippen LogP) is 1.72. The van der Waals surface area contributed by atoms with E-state index in [4.69, 9.17) is 0 Å². The van der Waals surface area contributed by atoms with Crippen LogP contribution in [0.3, 0.4) is 0 Å². The van der Waals surface area contributed by atoms with Crippen molar-refractivity contribution in [3.8, 4) is 0 Å². The Morgan fingerprint density at radius 2 is 1.90 bits per heavy atom. The summed E-state index contributed by atoms with van der Waals surface area (Å²) < 4.78 is 0.